The van der Waals surface area contributed by atoms with Crippen LogP contribution >= 0.6 is 0 Å². The first-order valence-corrected chi connectivity index (χ1v) is 13.2. The van der Waals surface area contributed by atoms with Crippen LogP contribution in [0.15, 0.2) is 97.3 Å². The Hall–Kier alpha value is -4.69. The van der Waals surface area contributed by atoms with Gasteiger partial charge in [-0.3, -0.25) is 4.79 Å². The molecule has 0 atom stereocenters. The summed E-state index contributed by atoms with van der Waals surface area (Å²) in [6.07, 6.45) is 5.76. The number of nitrogens with zero attached hydrogens (tertiary/aromatic N) is 3. The highest BCUT2D eigenvalue weighted by Gasteiger charge is 2.16. The minimum atomic E-state index is -0.280. The molecule has 1 saturated heterocycles. The number of nitrogens with one attached hydrogen (secondary N) is 3. The summed E-state index contributed by atoms with van der Waals surface area (Å²) < 4.78 is 7.74. The molecule has 196 valence electrons. The summed E-state index contributed by atoms with van der Waals surface area (Å²) in [6, 6.07) is 27.6. The maximum absolute atomic E-state index is 13.0. The second-order valence-corrected chi connectivity index (χ2v) is 9.60. The van der Waals surface area contributed by atoms with Gasteiger partial charge in [0.2, 0.25) is 0 Å². The Morgan fingerprint density at radius 1 is 0.923 bits per heavy atom. The molecule has 0 spiro atoms. The lowest BCUT2D eigenvalue weighted by Gasteiger charge is -2.23. The molecule has 0 unspecified atom stereocenters. The van der Waals surface area contributed by atoms with Crippen LogP contribution in [0.4, 0.5) is 11.4 Å². The number of amides is 1. The van der Waals surface area contributed by atoms with Crippen molar-refractivity contribution in [2.24, 2.45) is 0 Å². The van der Waals surface area contributed by atoms with Gasteiger partial charge in [0.15, 0.2) is 5.65 Å². The Labute approximate surface area is 227 Å². The Kier molecular flexibility index (Phi) is 7.18. The van der Waals surface area contributed by atoms with Crippen LogP contribution in [0.25, 0.3) is 16.8 Å². The van der Waals surface area contributed by atoms with Gasteiger partial charge >= 0.3 is 0 Å². The fraction of sp³-hybridized carbons (Fsp3) is 0.194. The van der Waals surface area contributed by atoms with Gasteiger partial charge in [0.05, 0.1) is 6.20 Å². The Bertz CT molecular complexity index is 1540. The SMILES string of the molecule is O=C(Nc1ccc(OC2CCNCC2)cc1)c1ccn2ncc(-c3ccc(NCc4ccccc4)cc3)c2n1. The smallest absolute Gasteiger partial charge is 0.274 e. The first-order chi connectivity index (χ1) is 19.2. The number of carbonyl (C=O) groups excluding carboxylic acids is 1. The van der Waals surface area contributed by atoms with E-state index in [2.05, 4.69) is 38.2 Å². The van der Waals surface area contributed by atoms with Gasteiger partial charge in [-0.1, -0.05) is 42.5 Å². The standard InChI is InChI=1S/C31H30N6O2/c38-31(35-25-10-12-26(13-11-25)39-27-14-17-32-18-15-27)29-16-19-37-30(36-29)28(21-34-37)23-6-8-24(9-7-23)33-20-22-4-2-1-3-5-22/h1-13,16,19,21,27,32-33H,14-15,17-18,20H2,(H,35,38). The van der Waals surface area contributed by atoms with Gasteiger partial charge in [-0.2, -0.15) is 5.10 Å². The number of rotatable bonds is 8. The van der Waals surface area contributed by atoms with Gasteiger partial charge in [-0.05, 0) is 79.5 Å². The molecular formula is C31H30N6O2. The quantitative estimate of drug-likeness (QED) is 0.255. The van der Waals surface area contributed by atoms with E-state index in [-0.39, 0.29) is 12.0 Å². The van der Waals surface area contributed by atoms with E-state index in [1.807, 2.05) is 66.7 Å². The lowest BCUT2D eigenvalue weighted by atomic mass is 10.1. The average Bonchev–Trinajstić information content (AvgIpc) is 3.42. The van der Waals surface area contributed by atoms with E-state index in [0.717, 1.165) is 55.0 Å². The molecule has 2 aromatic heterocycles. The molecule has 0 saturated carbocycles. The molecule has 0 aliphatic carbocycles. The number of anilines is 2. The maximum atomic E-state index is 13.0. The molecule has 0 bridgehead atoms. The second-order valence-electron chi connectivity index (χ2n) is 9.60. The number of hydrogen-bond acceptors (Lipinski definition) is 6. The number of aromatic nitrogens is 3. The van der Waals surface area contributed by atoms with Crippen molar-refractivity contribution in [3.8, 4) is 16.9 Å². The van der Waals surface area contributed by atoms with Crippen molar-refractivity contribution in [3.05, 3.63) is 109 Å². The van der Waals surface area contributed by atoms with Gasteiger partial charge in [0.25, 0.3) is 5.91 Å². The van der Waals surface area contributed by atoms with Gasteiger partial charge in [-0.25, -0.2) is 9.50 Å². The van der Waals surface area contributed by atoms with E-state index < -0.39 is 0 Å². The minimum absolute atomic E-state index is 0.231. The largest absolute Gasteiger partial charge is 0.490 e. The third-order valence-corrected chi connectivity index (χ3v) is 6.84. The first kappa shape index (κ1) is 24.6. The molecule has 3 N–H and O–H groups in total. The molecule has 1 aliphatic rings. The van der Waals surface area contributed by atoms with Crippen molar-refractivity contribution in [1.29, 1.82) is 0 Å². The summed E-state index contributed by atoms with van der Waals surface area (Å²) in [4.78, 5) is 17.7. The summed E-state index contributed by atoms with van der Waals surface area (Å²) in [5.74, 6) is 0.529. The van der Waals surface area contributed by atoms with Crippen LogP contribution in [0.3, 0.4) is 0 Å². The highest BCUT2D eigenvalue weighted by molar-refractivity contribution is 6.03. The zero-order valence-electron chi connectivity index (χ0n) is 21.5. The van der Waals surface area contributed by atoms with Crippen LogP contribution in [0.5, 0.6) is 5.75 Å². The van der Waals surface area contributed by atoms with Gasteiger partial charge in [0.1, 0.15) is 17.5 Å². The third kappa shape index (κ3) is 5.91. The number of ether oxygens (including phenoxy) is 1. The van der Waals surface area contributed by atoms with Gasteiger partial charge in [0, 0.05) is 29.7 Å². The van der Waals surface area contributed by atoms with Crippen LogP contribution in [-0.2, 0) is 6.54 Å². The normalized spacial score (nSPS) is 13.7. The second kappa shape index (κ2) is 11.4. The number of piperidine rings is 1. The molecule has 1 aliphatic heterocycles. The zero-order valence-corrected chi connectivity index (χ0v) is 21.5. The lowest BCUT2D eigenvalue weighted by Crippen LogP contribution is -2.34. The molecular weight excluding hydrogens is 488 g/mol. The maximum Gasteiger partial charge on any atom is 0.274 e. The fourth-order valence-electron chi connectivity index (χ4n) is 4.68. The van der Waals surface area contributed by atoms with Crippen LogP contribution in [0.1, 0.15) is 28.9 Å². The van der Waals surface area contributed by atoms with Crippen molar-refractivity contribution < 1.29 is 9.53 Å². The highest BCUT2D eigenvalue weighted by atomic mass is 16.5. The topological polar surface area (TPSA) is 92.6 Å². The summed E-state index contributed by atoms with van der Waals surface area (Å²) in [6.45, 7) is 2.71. The van der Waals surface area contributed by atoms with Crippen LogP contribution in [0.2, 0.25) is 0 Å². The van der Waals surface area contributed by atoms with E-state index >= 15 is 0 Å². The predicted molar refractivity (Wildman–Crippen MR) is 153 cm³/mol. The van der Waals surface area contributed by atoms with E-state index in [4.69, 9.17) is 4.74 Å². The highest BCUT2D eigenvalue weighted by Crippen LogP contribution is 2.26. The van der Waals surface area contributed by atoms with Crippen molar-refractivity contribution in [2.75, 3.05) is 23.7 Å². The Balaban J connectivity index is 1.12. The number of hydrogen-bond donors (Lipinski definition) is 3. The monoisotopic (exact) mass is 518 g/mol. The molecule has 8 nitrogen and oxygen atoms in total. The van der Waals surface area contributed by atoms with Gasteiger partial charge in [-0.15, -0.1) is 0 Å². The third-order valence-electron chi connectivity index (χ3n) is 6.84. The zero-order chi connectivity index (χ0) is 26.4. The Morgan fingerprint density at radius 3 is 2.44 bits per heavy atom. The minimum Gasteiger partial charge on any atom is -0.490 e. The molecule has 39 heavy (non-hydrogen) atoms. The van der Waals surface area contributed by atoms with E-state index in [0.29, 0.717) is 17.0 Å². The first-order valence-electron chi connectivity index (χ1n) is 13.2. The number of carbonyl (C=O) groups is 1. The molecule has 1 fully saturated rings. The predicted octanol–water partition coefficient (Wildman–Crippen LogP) is 5.39. The molecule has 0 radical (unpaired) electrons. The number of benzene rings is 3. The summed E-state index contributed by atoms with van der Waals surface area (Å²) in [5.41, 5.74) is 5.72. The fourth-order valence-corrected chi connectivity index (χ4v) is 4.68. The Morgan fingerprint density at radius 2 is 1.67 bits per heavy atom. The summed E-state index contributed by atoms with van der Waals surface area (Å²) >= 11 is 0. The van der Waals surface area contributed by atoms with Gasteiger partial charge < -0.3 is 20.7 Å². The van der Waals surface area contributed by atoms with Crippen LogP contribution in [-0.4, -0.2) is 39.7 Å². The summed E-state index contributed by atoms with van der Waals surface area (Å²) in [7, 11) is 0. The molecule has 5 aromatic rings. The van der Waals surface area contributed by atoms with E-state index in [1.54, 1.807) is 23.0 Å². The van der Waals surface area contributed by atoms with Crippen molar-refractivity contribution in [3.63, 3.8) is 0 Å². The van der Waals surface area contributed by atoms with Crippen LogP contribution in [0, 0.1) is 0 Å². The van der Waals surface area contributed by atoms with Crippen molar-refractivity contribution in [2.45, 2.75) is 25.5 Å². The molecule has 6 rings (SSSR count). The van der Waals surface area contributed by atoms with E-state index in [9.17, 15) is 4.79 Å². The molecule has 3 aromatic carbocycles. The van der Waals surface area contributed by atoms with Crippen molar-refractivity contribution in [1.82, 2.24) is 19.9 Å². The van der Waals surface area contributed by atoms with Crippen molar-refractivity contribution >= 4 is 22.9 Å². The van der Waals surface area contributed by atoms with Crippen LogP contribution < -0.4 is 20.7 Å². The number of fused-ring (bicyclic) bond motifs is 1. The lowest BCUT2D eigenvalue weighted by molar-refractivity contribution is 0.102. The molecule has 8 heteroatoms. The average molecular weight is 519 g/mol. The molecule has 3 heterocycles. The van der Waals surface area contributed by atoms with E-state index in [1.165, 1.54) is 5.56 Å². The summed E-state index contributed by atoms with van der Waals surface area (Å²) in [5, 5.41) is 14.1. The molecule has 1 amide bonds.